The number of amidine groups is 1. The molecule has 0 amide bonds. The van der Waals surface area contributed by atoms with Crippen LogP contribution in [0.15, 0.2) is 71.8 Å². The van der Waals surface area contributed by atoms with Crippen LogP contribution in [0.3, 0.4) is 0 Å². The molecule has 3 aromatic rings. The predicted molar refractivity (Wildman–Crippen MR) is 141 cm³/mol. The van der Waals surface area contributed by atoms with Gasteiger partial charge in [-0.3, -0.25) is 0 Å². The van der Waals surface area contributed by atoms with E-state index in [1.165, 1.54) is 0 Å². The second-order valence-electron chi connectivity index (χ2n) is 9.03. The lowest BCUT2D eigenvalue weighted by atomic mass is 9.83. The van der Waals surface area contributed by atoms with Crippen molar-refractivity contribution in [3.8, 4) is 17.2 Å². The van der Waals surface area contributed by atoms with Gasteiger partial charge in [0.25, 0.3) is 0 Å². The smallest absolute Gasteiger partial charge is 0.329 e. The molecule has 2 heterocycles. The third kappa shape index (κ3) is 3.93. The Kier molecular flexibility index (Phi) is 6.41. The Labute approximate surface area is 217 Å². The minimum atomic E-state index is -0.860. The number of para-hydroxylation sites is 1. The molecule has 0 fully saturated rings. The largest absolute Gasteiger partial charge is 0.497 e. The lowest BCUT2D eigenvalue weighted by molar-refractivity contribution is -0.150. The van der Waals surface area contributed by atoms with Crippen molar-refractivity contribution in [3.63, 3.8) is 0 Å². The van der Waals surface area contributed by atoms with Gasteiger partial charge in [-0.15, -0.1) is 0 Å². The summed E-state index contributed by atoms with van der Waals surface area (Å²) in [6.07, 6.45) is 0.432. The van der Waals surface area contributed by atoms with Crippen LogP contribution in [0.5, 0.6) is 17.2 Å². The number of anilines is 1. The summed E-state index contributed by atoms with van der Waals surface area (Å²) in [5.41, 5.74) is 2.84. The van der Waals surface area contributed by atoms with Crippen molar-refractivity contribution in [3.05, 3.63) is 83.4 Å². The molecule has 3 aromatic carbocycles. The molecule has 0 spiro atoms. The first-order valence-corrected chi connectivity index (χ1v) is 12.3. The number of esters is 1. The van der Waals surface area contributed by atoms with Gasteiger partial charge < -0.3 is 23.8 Å². The van der Waals surface area contributed by atoms with E-state index in [1.807, 2.05) is 78.7 Å². The van der Waals surface area contributed by atoms with Crippen LogP contribution >= 0.6 is 0 Å². The first-order valence-electron chi connectivity index (χ1n) is 12.3. The van der Waals surface area contributed by atoms with Crippen LogP contribution in [-0.2, 0) is 21.6 Å². The van der Waals surface area contributed by atoms with Gasteiger partial charge in [0.2, 0.25) is 0 Å². The Morgan fingerprint density at radius 1 is 0.973 bits per heavy atom. The summed E-state index contributed by atoms with van der Waals surface area (Å²) in [5.74, 6) is 2.34. The Morgan fingerprint density at radius 2 is 1.65 bits per heavy atom. The maximum Gasteiger partial charge on any atom is 0.329 e. The van der Waals surface area contributed by atoms with E-state index in [2.05, 4.69) is 11.8 Å². The van der Waals surface area contributed by atoms with Crippen molar-refractivity contribution in [2.75, 3.05) is 32.9 Å². The van der Waals surface area contributed by atoms with Gasteiger partial charge in [0.15, 0.2) is 23.0 Å². The Hall–Kier alpha value is -4.20. The molecule has 0 unspecified atom stereocenters. The molecule has 0 N–H and O–H groups in total. The fourth-order valence-electron chi connectivity index (χ4n) is 5.32. The van der Waals surface area contributed by atoms with Crippen LogP contribution in [-0.4, -0.2) is 50.7 Å². The molecular weight excluding hydrogens is 470 g/mol. The SMILES string of the molecule is CCOC(=O)[C@H]1Cc2cc(OC)c(OC)cc2[C@]2(C)N(c3ccccc3)N=C(c3ccc(OC)cc3)N12. The molecule has 0 aromatic heterocycles. The van der Waals surface area contributed by atoms with E-state index >= 15 is 0 Å². The van der Waals surface area contributed by atoms with Crippen molar-refractivity contribution < 1.29 is 23.7 Å². The number of hydrazone groups is 1. The zero-order valence-corrected chi connectivity index (χ0v) is 21.7. The van der Waals surface area contributed by atoms with Gasteiger partial charge in [0, 0.05) is 17.5 Å². The van der Waals surface area contributed by atoms with Crippen molar-refractivity contribution in [2.24, 2.45) is 5.10 Å². The van der Waals surface area contributed by atoms with E-state index in [0.29, 0.717) is 23.8 Å². The maximum absolute atomic E-state index is 13.5. The van der Waals surface area contributed by atoms with Crippen LogP contribution in [0.25, 0.3) is 0 Å². The molecule has 37 heavy (non-hydrogen) atoms. The number of carbonyl (C=O) groups excluding carboxylic acids is 1. The summed E-state index contributed by atoms with van der Waals surface area (Å²) < 4.78 is 22.2. The molecule has 0 bridgehead atoms. The number of fused-ring (bicyclic) bond motifs is 3. The highest BCUT2D eigenvalue weighted by Crippen LogP contribution is 2.50. The van der Waals surface area contributed by atoms with Crippen molar-refractivity contribution in [1.29, 1.82) is 0 Å². The molecule has 5 rings (SSSR count). The fourth-order valence-corrected chi connectivity index (χ4v) is 5.32. The van der Waals surface area contributed by atoms with Crippen molar-refractivity contribution in [1.82, 2.24) is 4.90 Å². The molecule has 2 aliphatic rings. The lowest BCUT2D eigenvalue weighted by Gasteiger charge is -2.49. The molecule has 0 aliphatic carbocycles. The van der Waals surface area contributed by atoms with Crippen LogP contribution in [0.4, 0.5) is 5.69 Å². The number of rotatable bonds is 7. The average Bonchev–Trinajstić information content (AvgIpc) is 3.26. The number of carbonyl (C=O) groups is 1. The maximum atomic E-state index is 13.5. The highest BCUT2D eigenvalue weighted by atomic mass is 16.5. The molecule has 0 saturated heterocycles. The second kappa shape index (κ2) is 9.69. The standard InChI is InChI=1S/C29H31N3O5/c1-6-37-28(33)24-16-20-17-25(35-4)26(36-5)18-23(20)29(2)31(24)27(19-12-14-22(34-3)15-13-19)30-32(29)21-10-8-7-9-11-21/h7-15,17-18,24H,6,16H2,1-5H3/t24-,29+/m1/s1. The number of ether oxygens (including phenoxy) is 4. The van der Waals surface area contributed by atoms with E-state index < -0.39 is 11.7 Å². The summed E-state index contributed by atoms with van der Waals surface area (Å²) in [6.45, 7) is 4.19. The van der Waals surface area contributed by atoms with Gasteiger partial charge in [-0.2, -0.15) is 5.10 Å². The van der Waals surface area contributed by atoms with Gasteiger partial charge in [0.05, 0.1) is 33.6 Å². The quantitative estimate of drug-likeness (QED) is 0.440. The molecule has 192 valence electrons. The van der Waals surface area contributed by atoms with E-state index in [9.17, 15) is 4.79 Å². The molecular formula is C29H31N3O5. The minimum absolute atomic E-state index is 0.288. The lowest BCUT2D eigenvalue weighted by Crippen LogP contribution is -2.61. The van der Waals surface area contributed by atoms with Crippen molar-refractivity contribution in [2.45, 2.75) is 32.0 Å². The summed E-state index contributed by atoms with van der Waals surface area (Å²) in [4.78, 5) is 15.6. The number of nitrogens with zero attached hydrogens (tertiary/aromatic N) is 3. The minimum Gasteiger partial charge on any atom is -0.497 e. The Bertz CT molecular complexity index is 1330. The van der Waals surface area contributed by atoms with E-state index in [-0.39, 0.29) is 12.6 Å². The van der Waals surface area contributed by atoms with Crippen molar-refractivity contribution >= 4 is 17.5 Å². The first kappa shape index (κ1) is 24.5. The molecule has 0 radical (unpaired) electrons. The molecule has 8 heteroatoms. The number of hydrogen-bond acceptors (Lipinski definition) is 8. The normalized spacial score (nSPS) is 20.0. The molecule has 8 nitrogen and oxygen atoms in total. The fraction of sp³-hybridized carbons (Fsp3) is 0.310. The summed E-state index contributed by atoms with van der Waals surface area (Å²) in [5, 5.41) is 7.12. The highest BCUT2D eigenvalue weighted by molar-refractivity contribution is 6.04. The second-order valence-corrected chi connectivity index (χ2v) is 9.03. The topological polar surface area (TPSA) is 72.8 Å². The third-order valence-corrected chi connectivity index (χ3v) is 7.06. The zero-order valence-electron chi connectivity index (χ0n) is 21.7. The number of methoxy groups -OCH3 is 3. The van der Waals surface area contributed by atoms with Gasteiger partial charge in [-0.25, -0.2) is 9.80 Å². The molecule has 0 saturated carbocycles. The van der Waals surface area contributed by atoms with E-state index in [4.69, 9.17) is 24.0 Å². The van der Waals surface area contributed by atoms with E-state index in [1.54, 1.807) is 21.3 Å². The molecule has 2 aliphatic heterocycles. The van der Waals surface area contributed by atoms with Crippen LogP contribution < -0.4 is 19.2 Å². The highest BCUT2D eigenvalue weighted by Gasteiger charge is 2.56. The van der Waals surface area contributed by atoms with Gasteiger partial charge >= 0.3 is 5.97 Å². The van der Waals surface area contributed by atoms with Crippen LogP contribution in [0.2, 0.25) is 0 Å². The zero-order chi connectivity index (χ0) is 26.2. The third-order valence-electron chi connectivity index (χ3n) is 7.06. The number of hydrogen-bond donors (Lipinski definition) is 0. The predicted octanol–water partition coefficient (Wildman–Crippen LogP) is 4.56. The van der Waals surface area contributed by atoms with Crippen LogP contribution in [0.1, 0.15) is 30.5 Å². The summed E-state index contributed by atoms with van der Waals surface area (Å²) in [7, 11) is 4.87. The van der Waals surface area contributed by atoms with Gasteiger partial charge in [0.1, 0.15) is 11.8 Å². The average molecular weight is 502 g/mol. The number of benzene rings is 3. The monoisotopic (exact) mass is 501 g/mol. The van der Waals surface area contributed by atoms with Gasteiger partial charge in [-0.05, 0) is 67.9 Å². The van der Waals surface area contributed by atoms with Gasteiger partial charge in [-0.1, -0.05) is 18.2 Å². The summed E-state index contributed by atoms with van der Waals surface area (Å²) in [6, 6.07) is 21.0. The van der Waals surface area contributed by atoms with E-state index in [0.717, 1.165) is 28.1 Å². The van der Waals surface area contributed by atoms with Crippen LogP contribution in [0, 0.1) is 0 Å². The Morgan fingerprint density at radius 3 is 2.27 bits per heavy atom. The first-order chi connectivity index (χ1) is 18.0. The summed E-state index contributed by atoms with van der Waals surface area (Å²) >= 11 is 0. The Balaban J connectivity index is 1.77. The molecule has 2 atom stereocenters.